The molecule has 1 aliphatic heterocycles. The van der Waals surface area contributed by atoms with Gasteiger partial charge in [-0.25, -0.2) is 0 Å². The molecule has 0 N–H and O–H groups in total. The molecule has 0 radical (unpaired) electrons. The quantitative estimate of drug-likeness (QED) is 0.842. The third-order valence-electron chi connectivity index (χ3n) is 3.53. The SMILES string of the molecule is O=C(CC1CC1)N1CCSC1c1ccc(Cl)cc1. The maximum atomic E-state index is 12.2. The van der Waals surface area contributed by atoms with Crippen molar-refractivity contribution in [2.75, 3.05) is 12.3 Å². The Balaban J connectivity index is 1.73. The van der Waals surface area contributed by atoms with E-state index in [0.717, 1.165) is 23.7 Å². The average Bonchev–Trinajstić information content (AvgIpc) is 3.04. The van der Waals surface area contributed by atoms with Crippen LogP contribution in [0.5, 0.6) is 0 Å². The summed E-state index contributed by atoms with van der Waals surface area (Å²) in [7, 11) is 0. The molecule has 0 aromatic heterocycles. The molecule has 2 fully saturated rings. The van der Waals surface area contributed by atoms with Gasteiger partial charge >= 0.3 is 0 Å². The van der Waals surface area contributed by atoms with Gasteiger partial charge in [0.05, 0.1) is 0 Å². The molecule has 1 heterocycles. The predicted molar refractivity (Wildman–Crippen MR) is 75.7 cm³/mol. The summed E-state index contributed by atoms with van der Waals surface area (Å²) in [5.41, 5.74) is 1.19. The van der Waals surface area contributed by atoms with Crippen molar-refractivity contribution >= 4 is 29.3 Å². The Kier molecular flexibility index (Phi) is 3.53. The normalized spacial score (nSPS) is 23.4. The Labute approximate surface area is 117 Å². The highest BCUT2D eigenvalue weighted by atomic mass is 35.5. The lowest BCUT2D eigenvalue weighted by atomic mass is 10.2. The second kappa shape index (κ2) is 5.14. The summed E-state index contributed by atoms with van der Waals surface area (Å²) in [5.74, 6) is 2.01. The van der Waals surface area contributed by atoms with Crippen LogP contribution < -0.4 is 0 Å². The lowest BCUT2D eigenvalue weighted by Crippen LogP contribution is -2.30. The van der Waals surface area contributed by atoms with Gasteiger partial charge in [-0.15, -0.1) is 11.8 Å². The highest BCUT2D eigenvalue weighted by molar-refractivity contribution is 7.99. The van der Waals surface area contributed by atoms with Crippen LogP contribution in [0, 0.1) is 5.92 Å². The van der Waals surface area contributed by atoms with Gasteiger partial charge in [0.1, 0.15) is 5.37 Å². The minimum absolute atomic E-state index is 0.188. The summed E-state index contributed by atoms with van der Waals surface area (Å²) >= 11 is 7.75. The van der Waals surface area contributed by atoms with Gasteiger partial charge in [0.2, 0.25) is 5.91 Å². The second-order valence-corrected chi connectivity index (χ2v) is 6.63. The highest BCUT2D eigenvalue weighted by Gasteiger charge is 2.33. The van der Waals surface area contributed by atoms with E-state index < -0.39 is 0 Å². The monoisotopic (exact) mass is 281 g/mol. The minimum Gasteiger partial charge on any atom is -0.326 e. The van der Waals surface area contributed by atoms with Gasteiger partial charge in [0.15, 0.2) is 0 Å². The van der Waals surface area contributed by atoms with E-state index in [9.17, 15) is 4.79 Å². The zero-order chi connectivity index (χ0) is 12.5. The first kappa shape index (κ1) is 12.4. The summed E-state index contributed by atoms with van der Waals surface area (Å²) in [6, 6.07) is 7.87. The van der Waals surface area contributed by atoms with Crippen LogP contribution in [0.15, 0.2) is 24.3 Å². The van der Waals surface area contributed by atoms with Crippen molar-refractivity contribution in [1.82, 2.24) is 4.90 Å². The van der Waals surface area contributed by atoms with Crippen LogP contribution in [-0.2, 0) is 4.79 Å². The Hall–Kier alpha value is -0.670. The van der Waals surface area contributed by atoms with Crippen molar-refractivity contribution in [3.05, 3.63) is 34.9 Å². The molecule has 2 nitrogen and oxygen atoms in total. The molecule has 1 unspecified atom stereocenters. The fourth-order valence-corrected chi connectivity index (χ4v) is 3.72. The van der Waals surface area contributed by atoms with Crippen LogP contribution in [-0.4, -0.2) is 23.1 Å². The molecule has 1 saturated heterocycles. The molecule has 1 saturated carbocycles. The lowest BCUT2D eigenvalue weighted by Gasteiger charge is -2.24. The van der Waals surface area contributed by atoms with Crippen molar-refractivity contribution in [3.63, 3.8) is 0 Å². The molecule has 1 amide bonds. The van der Waals surface area contributed by atoms with Gasteiger partial charge in [0.25, 0.3) is 0 Å². The first-order chi connectivity index (χ1) is 8.74. The summed E-state index contributed by atoms with van der Waals surface area (Å²) in [4.78, 5) is 14.3. The third-order valence-corrected chi connectivity index (χ3v) is 5.04. The van der Waals surface area contributed by atoms with E-state index in [1.54, 1.807) is 0 Å². The van der Waals surface area contributed by atoms with E-state index in [1.807, 2.05) is 40.9 Å². The van der Waals surface area contributed by atoms with Crippen molar-refractivity contribution in [2.45, 2.75) is 24.6 Å². The maximum absolute atomic E-state index is 12.2. The number of hydrogen-bond acceptors (Lipinski definition) is 2. The Morgan fingerprint density at radius 2 is 2.06 bits per heavy atom. The first-order valence-electron chi connectivity index (χ1n) is 6.40. The fourth-order valence-electron chi connectivity index (χ4n) is 2.32. The van der Waals surface area contributed by atoms with Crippen LogP contribution in [0.25, 0.3) is 0 Å². The largest absolute Gasteiger partial charge is 0.326 e. The number of carbonyl (C=O) groups excluding carboxylic acids is 1. The average molecular weight is 282 g/mol. The second-order valence-electron chi connectivity index (χ2n) is 5.01. The van der Waals surface area contributed by atoms with Crippen molar-refractivity contribution in [1.29, 1.82) is 0 Å². The number of amides is 1. The number of rotatable bonds is 3. The van der Waals surface area contributed by atoms with Crippen LogP contribution in [0.1, 0.15) is 30.2 Å². The molecular weight excluding hydrogens is 266 g/mol. The summed E-state index contributed by atoms with van der Waals surface area (Å²) in [6.45, 7) is 0.878. The number of thioether (sulfide) groups is 1. The minimum atomic E-state index is 0.188. The van der Waals surface area contributed by atoms with Gasteiger partial charge in [-0.05, 0) is 36.5 Å². The Morgan fingerprint density at radius 1 is 1.33 bits per heavy atom. The van der Waals surface area contributed by atoms with Crippen LogP contribution in [0.3, 0.4) is 0 Å². The molecule has 18 heavy (non-hydrogen) atoms. The first-order valence-corrected chi connectivity index (χ1v) is 7.83. The zero-order valence-corrected chi connectivity index (χ0v) is 11.7. The van der Waals surface area contributed by atoms with Crippen LogP contribution >= 0.6 is 23.4 Å². The number of benzene rings is 1. The molecule has 3 rings (SSSR count). The predicted octanol–water partition coefficient (Wildman–Crippen LogP) is 3.71. The van der Waals surface area contributed by atoms with Crippen molar-refractivity contribution in [3.8, 4) is 0 Å². The van der Waals surface area contributed by atoms with E-state index in [-0.39, 0.29) is 5.37 Å². The summed E-state index contributed by atoms with van der Waals surface area (Å²) in [5, 5.41) is 0.936. The van der Waals surface area contributed by atoms with Gasteiger partial charge < -0.3 is 4.90 Å². The molecule has 4 heteroatoms. The van der Waals surface area contributed by atoms with Crippen LogP contribution in [0.2, 0.25) is 5.02 Å². The van der Waals surface area contributed by atoms with Crippen LogP contribution in [0.4, 0.5) is 0 Å². The number of carbonyl (C=O) groups is 1. The van der Waals surface area contributed by atoms with Crippen molar-refractivity contribution in [2.24, 2.45) is 5.92 Å². The molecule has 1 aromatic carbocycles. The third kappa shape index (κ3) is 2.67. The summed E-state index contributed by atoms with van der Waals surface area (Å²) in [6.07, 6.45) is 3.21. The van der Waals surface area contributed by atoms with E-state index in [0.29, 0.717) is 11.8 Å². The molecule has 1 atom stereocenters. The van der Waals surface area contributed by atoms with Gasteiger partial charge in [-0.2, -0.15) is 0 Å². The molecule has 2 aliphatic rings. The molecule has 1 aliphatic carbocycles. The number of nitrogens with zero attached hydrogens (tertiary/aromatic N) is 1. The maximum Gasteiger partial charge on any atom is 0.224 e. The molecule has 0 bridgehead atoms. The number of halogens is 1. The van der Waals surface area contributed by atoms with E-state index in [4.69, 9.17) is 11.6 Å². The molecular formula is C14H16ClNOS. The smallest absolute Gasteiger partial charge is 0.224 e. The topological polar surface area (TPSA) is 20.3 Å². The Bertz CT molecular complexity index is 444. The summed E-state index contributed by atoms with van der Waals surface area (Å²) < 4.78 is 0. The molecule has 0 spiro atoms. The van der Waals surface area contributed by atoms with Gasteiger partial charge in [-0.3, -0.25) is 4.79 Å². The van der Waals surface area contributed by atoms with Gasteiger partial charge in [0, 0.05) is 23.7 Å². The van der Waals surface area contributed by atoms with Gasteiger partial charge in [-0.1, -0.05) is 23.7 Å². The standard InChI is InChI=1S/C14H16ClNOS/c15-12-5-3-11(4-6-12)14-16(7-8-18-14)13(17)9-10-1-2-10/h3-6,10,14H,1-2,7-9H2. The Morgan fingerprint density at radius 3 is 2.72 bits per heavy atom. The lowest BCUT2D eigenvalue weighted by molar-refractivity contribution is -0.131. The fraction of sp³-hybridized carbons (Fsp3) is 0.500. The highest BCUT2D eigenvalue weighted by Crippen LogP contribution is 2.40. The number of hydrogen-bond donors (Lipinski definition) is 0. The van der Waals surface area contributed by atoms with E-state index in [2.05, 4.69) is 0 Å². The van der Waals surface area contributed by atoms with Crippen molar-refractivity contribution < 1.29 is 4.79 Å². The molecule has 96 valence electrons. The van der Waals surface area contributed by atoms with E-state index in [1.165, 1.54) is 18.4 Å². The molecule has 1 aromatic rings. The van der Waals surface area contributed by atoms with E-state index >= 15 is 0 Å². The zero-order valence-electron chi connectivity index (χ0n) is 10.1.